The van der Waals surface area contributed by atoms with Crippen LogP contribution in [0.25, 0.3) is 11.1 Å². The van der Waals surface area contributed by atoms with E-state index in [9.17, 15) is 4.79 Å². The van der Waals surface area contributed by atoms with Crippen molar-refractivity contribution in [2.24, 2.45) is 0 Å². The number of carbonyl (C=O) groups excluding carboxylic acids is 1. The van der Waals surface area contributed by atoms with Gasteiger partial charge in [0.05, 0.1) is 0 Å². The molecule has 1 saturated heterocycles. The average molecular weight is 267 g/mol. The van der Waals surface area contributed by atoms with Crippen molar-refractivity contribution >= 4 is 5.91 Å². The molecule has 0 aliphatic carbocycles. The number of carbonyl (C=O) groups is 1. The van der Waals surface area contributed by atoms with E-state index in [-0.39, 0.29) is 5.91 Å². The first kappa shape index (κ1) is 12.8. The van der Waals surface area contributed by atoms with Gasteiger partial charge in [-0.3, -0.25) is 15.2 Å². The van der Waals surface area contributed by atoms with Crippen LogP contribution in [0.15, 0.2) is 48.8 Å². The number of aromatic nitrogens is 1. The van der Waals surface area contributed by atoms with Crippen molar-refractivity contribution in [2.75, 3.05) is 13.1 Å². The molecule has 1 aromatic carbocycles. The zero-order valence-electron chi connectivity index (χ0n) is 11.2. The Balaban J connectivity index is 1.87. The molecular formula is C16H17N3O. The van der Waals surface area contributed by atoms with Crippen LogP contribution < -0.4 is 5.43 Å². The highest BCUT2D eigenvalue weighted by Gasteiger charge is 2.17. The van der Waals surface area contributed by atoms with Crippen LogP contribution in [0.5, 0.6) is 0 Å². The zero-order valence-corrected chi connectivity index (χ0v) is 11.2. The third-order valence-corrected chi connectivity index (χ3v) is 3.51. The summed E-state index contributed by atoms with van der Waals surface area (Å²) in [5.74, 6) is -0.0497. The van der Waals surface area contributed by atoms with Crippen molar-refractivity contribution < 1.29 is 4.79 Å². The lowest BCUT2D eigenvalue weighted by Gasteiger charge is -2.17. The van der Waals surface area contributed by atoms with Crippen LogP contribution >= 0.6 is 0 Å². The van der Waals surface area contributed by atoms with E-state index in [4.69, 9.17) is 0 Å². The second-order valence-corrected chi connectivity index (χ2v) is 4.92. The second kappa shape index (κ2) is 5.84. The number of hydrazine groups is 1. The maximum absolute atomic E-state index is 12.4. The van der Waals surface area contributed by atoms with Crippen LogP contribution in [0.3, 0.4) is 0 Å². The molecule has 0 bridgehead atoms. The third kappa shape index (κ3) is 2.70. The highest BCUT2D eigenvalue weighted by molar-refractivity contribution is 6.00. The fourth-order valence-corrected chi connectivity index (χ4v) is 2.49. The molecule has 0 unspecified atom stereocenters. The summed E-state index contributed by atoms with van der Waals surface area (Å²) in [6.45, 7) is 1.86. The molecular weight excluding hydrogens is 250 g/mol. The molecule has 2 heterocycles. The minimum Gasteiger partial charge on any atom is -0.285 e. The molecule has 1 aliphatic rings. The lowest BCUT2D eigenvalue weighted by molar-refractivity contribution is 0.0826. The topological polar surface area (TPSA) is 45.2 Å². The highest BCUT2D eigenvalue weighted by atomic mass is 16.2. The summed E-state index contributed by atoms with van der Waals surface area (Å²) in [7, 11) is 0. The number of nitrogens with one attached hydrogen (secondary N) is 1. The molecule has 1 aliphatic heterocycles. The van der Waals surface area contributed by atoms with E-state index in [0.29, 0.717) is 5.56 Å². The molecule has 1 aromatic heterocycles. The van der Waals surface area contributed by atoms with Gasteiger partial charge >= 0.3 is 0 Å². The minimum absolute atomic E-state index is 0.0497. The molecule has 0 radical (unpaired) electrons. The quantitative estimate of drug-likeness (QED) is 0.929. The Kier molecular flexibility index (Phi) is 3.74. The number of hydrogen-bond donors (Lipinski definition) is 1. The van der Waals surface area contributed by atoms with Gasteiger partial charge in [0.2, 0.25) is 0 Å². The maximum Gasteiger partial charge on any atom is 0.266 e. The summed E-state index contributed by atoms with van der Waals surface area (Å²) in [5.41, 5.74) is 5.54. The summed E-state index contributed by atoms with van der Waals surface area (Å²) in [6, 6.07) is 11.5. The Labute approximate surface area is 118 Å². The third-order valence-electron chi connectivity index (χ3n) is 3.51. The molecule has 2 aromatic rings. The fourth-order valence-electron chi connectivity index (χ4n) is 2.49. The first-order valence-electron chi connectivity index (χ1n) is 6.90. The Morgan fingerprint density at radius 2 is 1.90 bits per heavy atom. The van der Waals surface area contributed by atoms with Crippen molar-refractivity contribution in [3.05, 3.63) is 54.4 Å². The standard InChI is InChI=1S/C16H17N3O/c20-16(18-19-10-3-4-11-19)15-8-2-1-7-14(15)13-6-5-9-17-12-13/h1-2,5-9,12H,3-4,10-11H2,(H,18,20). The van der Waals surface area contributed by atoms with Crippen molar-refractivity contribution in [1.29, 1.82) is 0 Å². The van der Waals surface area contributed by atoms with E-state index < -0.39 is 0 Å². The van der Waals surface area contributed by atoms with Crippen LogP contribution in [0.4, 0.5) is 0 Å². The Hall–Kier alpha value is -2.20. The molecule has 20 heavy (non-hydrogen) atoms. The molecule has 1 amide bonds. The van der Waals surface area contributed by atoms with Crippen LogP contribution in [0.2, 0.25) is 0 Å². The van der Waals surface area contributed by atoms with E-state index >= 15 is 0 Å². The fraction of sp³-hybridized carbons (Fsp3) is 0.250. The maximum atomic E-state index is 12.4. The Bertz CT molecular complexity index is 592. The van der Waals surface area contributed by atoms with Gasteiger partial charge < -0.3 is 0 Å². The van der Waals surface area contributed by atoms with E-state index in [0.717, 1.165) is 37.1 Å². The predicted molar refractivity (Wildman–Crippen MR) is 77.9 cm³/mol. The number of hydrogen-bond acceptors (Lipinski definition) is 3. The molecule has 1 N–H and O–H groups in total. The Morgan fingerprint density at radius 3 is 2.65 bits per heavy atom. The number of nitrogens with zero attached hydrogens (tertiary/aromatic N) is 2. The summed E-state index contributed by atoms with van der Waals surface area (Å²) in [6.07, 6.45) is 5.80. The average Bonchev–Trinajstić information content (AvgIpc) is 3.01. The van der Waals surface area contributed by atoms with Crippen molar-refractivity contribution in [3.8, 4) is 11.1 Å². The molecule has 0 atom stereocenters. The van der Waals surface area contributed by atoms with Crippen LogP contribution in [0, 0.1) is 0 Å². The van der Waals surface area contributed by atoms with Crippen LogP contribution in [0.1, 0.15) is 23.2 Å². The predicted octanol–water partition coefficient (Wildman–Crippen LogP) is 2.49. The minimum atomic E-state index is -0.0497. The molecule has 4 nitrogen and oxygen atoms in total. The smallest absolute Gasteiger partial charge is 0.266 e. The van der Waals surface area contributed by atoms with Gasteiger partial charge in [-0.05, 0) is 30.5 Å². The van der Waals surface area contributed by atoms with Gasteiger partial charge in [0.15, 0.2) is 0 Å². The van der Waals surface area contributed by atoms with Crippen molar-refractivity contribution in [2.45, 2.75) is 12.8 Å². The summed E-state index contributed by atoms with van der Waals surface area (Å²) in [5, 5.41) is 1.99. The van der Waals surface area contributed by atoms with E-state index in [1.807, 2.05) is 41.4 Å². The van der Waals surface area contributed by atoms with Crippen molar-refractivity contribution in [1.82, 2.24) is 15.4 Å². The van der Waals surface area contributed by atoms with Gasteiger partial charge in [0, 0.05) is 36.6 Å². The largest absolute Gasteiger partial charge is 0.285 e. The number of benzene rings is 1. The summed E-state index contributed by atoms with van der Waals surface area (Å²) >= 11 is 0. The van der Waals surface area contributed by atoms with Gasteiger partial charge in [-0.2, -0.15) is 0 Å². The summed E-state index contributed by atoms with van der Waals surface area (Å²) < 4.78 is 0. The molecule has 1 fully saturated rings. The second-order valence-electron chi connectivity index (χ2n) is 4.92. The summed E-state index contributed by atoms with van der Waals surface area (Å²) in [4.78, 5) is 16.5. The highest BCUT2D eigenvalue weighted by Crippen LogP contribution is 2.22. The van der Waals surface area contributed by atoms with Crippen molar-refractivity contribution in [3.63, 3.8) is 0 Å². The molecule has 102 valence electrons. The lowest BCUT2D eigenvalue weighted by atomic mass is 10.0. The number of amides is 1. The zero-order chi connectivity index (χ0) is 13.8. The molecule has 0 spiro atoms. The SMILES string of the molecule is O=C(NN1CCCC1)c1ccccc1-c1cccnc1. The first-order chi connectivity index (χ1) is 9.84. The molecule has 0 saturated carbocycles. The monoisotopic (exact) mass is 267 g/mol. The van der Waals surface area contributed by atoms with E-state index in [2.05, 4.69) is 10.4 Å². The van der Waals surface area contributed by atoms with E-state index in [1.165, 1.54) is 0 Å². The van der Waals surface area contributed by atoms with Gasteiger partial charge in [0.25, 0.3) is 5.91 Å². The molecule has 4 heteroatoms. The van der Waals surface area contributed by atoms with Gasteiger partial charge in [-0.15, -0.1) is 0 Å². The molecule has 3 rings (SSSR count). The van der Waals surface area contributed by atoms with Crippen LogP contribution in [-0.4, -0.2) is 29.0 Å². The Morgan fingerprint density at radius 1 is 1.10 bits per heavy atom. The first-order valence-corrected chi connectivity index (χ1v) is 6.90. The van der Waals surface area contributed by atoms with Crippen LogP contribution in [-0.2, 0) is 0 Å². The van der Waals surface area contributed by atoms with Gasteiger partial charge in [0.1, 0.15) is 0 Å². The normalized spacial score (nSPS) is 15.2. The van der Waals surface area contributed by atoms with E-state index in [1.54, 1.807) is 12.4 Å². The lowest BCUT2D eigenvalue weighted by Crippen LogP contribution is -2.40. The number of rotatable bonds is 3. The van der Waals surface area contributed by atoms with Gasteiger partial charge in [-0.1, -0.05) is 24.3 Å². The van der Waals surface area contributed by atoms with Gasteiger partial charge in [-0.25, -0.2) is 5.01 Å². The number of pyridine rings is 1.